The molecule has 0 spiro atoms. The zero-order valence-electron chi connectivity index (χ0n) is 20.0. The Hall–Kier alpha value is -3.70. The van der Waals surface area contributed by atoms with Crippen LogP contribution in [0.4, 0.5) is 10.5 Å². The van der Waals surface area contributed by atoms with Crippen molar-refractivity contribution in [3.05, 3.63) is 70.9 Å². The van der Waals surface area contributed by atoms with Crippen LogP contribution in [0.25, 0.3) is 0 Å². The molecule has 3 aromatic rings. The lowest BCUT2D eigenvalue weighted by molar-refractivity contribution is 0.102. The fourth-order valence-electron chi connectivity index (χ4n) is 3.51. The molecule has 0 radical (unpaired) electrons. The lowest BCUT2D eigenvalue weighted by atomic mass is 10.0. The third kappa shape index (κ3) is 6.25. The second kappa shape index (κ2) is 10.7. The van der Waals surface area contributed by atoms with Crippen LogP contribution in [0.1, 0.15) is 40.5 Å². The van der Waals surface area contributed by atoms with Crippen molar-refractivity contribution in [3.63, 3.8) is 0 Å². The van der Waals surface area contributed by atoms with Gasteiger partial charge in [0, 0.05) is 38.8 Å². The quantitative estimate of drug-likeness (QED) is 0.453. The van der Waals surface area contributed by atoms with E-state index in [1.54, 1.807) is 38.0 Å². The highest BCUT2D eigenvalue weighted by atomic mass is 32.2. The molecule has 0 unspecified atom stereocenters. The average Bonchev–Trinajstić information content (AvgIpc) is 3.08. The van der Waals surface area contributed by atoms with Crippen molar-refractivity contribution in [1.82, 2.24) is 14.7 Å². The van der Waals surface area contributed by atoms with E-state index in [-0.39, 0.29) is 5.56 Å². The molecule has 0 saturated carbocycles. The fraction of sp³-hybridized carbons (Fsp3) is 0.292. The predicted molar refractivity (Wildman–Crippen MR) is 130 cm³/mol. The van der Waals surface area contributed by atoms with Crippen LogP contribution < -0.4 is 10.1 Å². The first-order chi connectivity index (χ1) is 16.5. The standard InChI is InChI=1S/C24H28N4O6S/c1-5-8-20-19(23(28(4)26-20)34-24(30)27(2)3)15-16-11-13-17(14-12-16)25-22(29)18-9-6-7-10-21(18)35(31,32)33/h6-7,9-14H,5,8,15H2,1-4H3,(H,25,29)(H,31,32,33). The Morgan fingerprint density at radius 1 is 1.11 bits per heavy atom. The highest BCUT2D eigenvalue weighted by Gasteiger charge is 2.22. The van der Waals surface area contributed by atoms with Gasteiger partial charge in [0.1, 0.15) is 4.90 Å². The average molecular weight is 501 g/mol. The Kier molecular flexibility index (Phi) is 7.92. The molecule has 186 valence electrons. The molecule has 1 heterocycles. The zero-order valence-corrected chi connectivity index (χ0v) is 20.8. The number of aryl methyl sites for hydroxylation is 2. The largest absolute Gasteiger partial charge is 0.416 e. The van der Waals surface area contributed by atoms with Crippen LogP contribution in [0.2, 0.25) is 0 Å². The van der Waals surface area contributed by atoms with Gasteiger partial charge in [-0.15, -0.1) is 0 Å². The summed E-state index contributed by atoms with van der Waals surface area (Å²) in [6.07, 6.45) is 1.56. The molecule has 2 N–H and O–H groups in total. The minimum atomic E-state index is -4.54. The second-order valence-corrected chi connectivity index (χ2v) is 9.56. The molecule has 35 heavy (non-hydrogen) atoms. The minimum absolute atomic E-state index is 0.161. The van der Waals surface area contributed by atoms with E-state index < -0.39 is 27.0 Å². The minimum Gasteiger partial charge on any atom is -0.391 e. The maximum atomic E-state index is 12.6. The van der Waals surface area contributed by atoms with Gasteiger partial charge in [0.05, 0.1) is 11.3 Å². The Labute approximate surface area is 204 Å². The van der Waals surface area contributed by atoms with E-state index in [0.29, 0.717) is 18.0 Å². The summed E-state index contributed by atoms with van der Waals surface area (Å²) in [6.45, 7) is 2.04. The number of ether oxygens (including phenoxy) is 1. The maximum absolute atomic E-state index is 12.6. The third-order valence-electron chi connectivity index (χ3n) is 5.21. The summed E-state index contributed by atoms with van der Waals surface area (Å²) in [6, 6.07) is 12.4. The van der Waals surface area contributed by atoms with E-state index in [0.717, 1.165) is 35.7 Å². The molecule has 10 nitrogen and oxygen atoms in total. The molecular weight excluding hydrogens is 472 g/mol. The van der Waals surface area contributed by atoms with Crippen LogP contribution in [0.3, 0.4) is 0 Å². The number of carbonyl (C=O) groups excluding carboxylic acids is 2. The summed E-state index contributed by atoms with van der Waals surface area (Å²) in [5.41, 5.74) is 2.84. The van der Waals surface area contributed by atoms with E-state index in [9.17, 15) is 22.6 Å². The topological polar surface area (TPSA) is 131 Å². The lowest BCUT2D eigenvalue weighted by Crippen LogP contribution is -2.26. The van der Waals surface area contributed by atoms with Crippen molar-refractivity contribution < 1.29 is 27.3 Å². The van der Waals surface area contributed by atoms with Gasteiger partial charge in [-0.1, -0.05) is 37.6 Å². The molecule has 0 aliphatic carbocycles. The zero-order chi connectivity index (χ0) is 25.8. The smallest absolute Gasteiger partial charge is 0.391 e. The van der Waals surface area contributed by atoms with E-state index in [4.69, 9.17) is 4.74 Å². The van der Waals surface area contributed by atoms with E-state index >= 15 is 0 Å². The first-order valence-corrected chi connectivity index (χ1v) is 12.4. The van der Waals surface area contributed by atoms with Crippen LogP contribution in [-0.2, 0) is 30.0 Å². The van der Waals surface area contributed by atoms with E-state index in [2.05, 4.69) is 10.4 Å². The summed E-state index contributed by atoms with van der Waals surface area (Å²) in [5, 5.41) is 7.16. The monoisotopic (exact) mass is 500 g/mol. The molecule has 2 amide bonds. The number of rotatable bonds is 8. The van der Waals surface area contributed by atoms with Gasteiger partial charge in [0.15, 0.2) is 0 Å². The Morgan fingerprint density at radius 3 is 2.37 bits per heavy atom. The van der Waals surface area contributed by atoms with Gasteiger partial charge in [-0.3, -0.25) is 9.35 Å². The second-order valence-electron chi connectivity index (χ2n) is 8.17. The van der Waals surface area contributed by atoms with Crippen molar-refractivity contribution in [2.75, 3.05) is 19.4 Å². The van der Waals surface area contributed by atoms with Crippen molar-refractivity contribution >= 4 is 27.8 Å². The third-order valence-corrected chi connectivity index (χ3v) is 6.12. The summed E-state index contributed by atoms with van der Waals surface area (Å²) in [5.74, 6) is -0.285. The van der Waals surface area contributed by atoms with Crippen LogP contribution >= 0.6 is 0 Å². The Bertz CT molecular complexity index is 1330. The van der Waals surface area contributed by atoms with Crippen molar-refractivity contribution in [2.45, 2.75) is 31.1 Å². The highest BCUT2D eigenvalue weighted by Crippen LogP contribution is 2.27. The number of hydrogen-bond acceptors (Lipinski definition) is 6. The van der Waals surface area contributed by atoms with Crippen molar-refractivity contribution in [2.24, 2.45) is 7.05 Å². The van der Waals surface area contributed by atoms with E-state index in [1.165, 1.54) is 23.1 Å². The summed E-state index contributed by atoms with van der Waals surface area (Å²) < 4.78 is 39.6. The number of amides is 2. The Balaban J connectivity index is 1.82. The van der Waals surface area contributed by atoms with Gasteiger partial charge in [0.25, 0.3) is 16.0 Å². The summed E-state index contributed by atoms with van der Waals surface area (Å²) in [4.78, 5) is 25.7. The molecule has 0 aliphatic heterocycles. The lowest BCUT2D eigenvalue weighted by Gasteiger charge is -2.13. The first-order valence-electron chi connectivity index (χ1n) is 10.9. The van der Waals surface area contributed by atoms with Gasteiger partial charge in [-0.25, -0.2) is 9.48 Å². The number of benzene rings is 2. The molecule has 11 heteroatoms. The first kappa shape index (κ1) is 25.9. The van der Waals surface area contributed by atoms with Gasteiger partial charge in [-0.05, 0) is 36.2 Å². The molecular formula is C24H28N4O6S. The van der Waals surface area contributed by atoms with Crippen LogP contribution in [0, 0.1) is 0 Å². The molecule has 2 aromatic carbocycles. The molecule has 3 rings (SSSR count). The molecule has 0 atom stereocenters. The van der Waals surface area contributed by atoms with Gasteiger partial charge >= 0.3 is 6.09 Å². The fourth-order valence-corrected chi connectivity index (χ4v) is 4.20. The number of nitrogens with zero attached hydrogens (tertiary/aromatic N) is 3. The number of nitrogens with one attached hydrogen (secondary N) is 1. The molecule has 0 aliphatic rings. The van der Waals surface area contributed by atoms with Crippen LogP contribution in [-0.4, -0.2) is 53.7 Å². The van der Waals surface area contributed by atoms with E-state index in [1.807, 2.05) is 19.1 Å². The number of hydrogen-bond donors (Lipinski definition) is 2. The van der Waals surface area contributed by atoms with Crippen LogP contribution in [0.15, 0.2) is 53.4 Å². The molecule has 1 aromatic heterocycles. The maximum Gasteiger partial charge on any atom is 0.416 e. The number of anilines is 1. The SMILES string of the molecule is CCCc1nn(C)c(OC(=O)N(C)C)c1Cc1ccc(NC(=O)c2ccccc2S(=O)(=O)O)cc1. The van der Waals surface area contributed by atoms with Crippen molar-refractivity contribution in [3.8, 4) is 5.88 Å². The van der Waals surface area contributed by atoms with Gasteiger partial charge in [-0.2, -0.15) is 13.5 Å². The summed E-state index contributed by atoms with van der Waals surface area (Å²) in [7, 11) is 0.389. The van der Waals surface area contributed by atoms with Gasteiger partial charge in [0.2, 0.25) is 5.88 Å². The number of aromatic nitrogens is 2. The number of carbonyl (C=O) groups is 2. The molecule has 0 saturated heterocycles. The van der Waals surface area contributed by atoms with Crippen molar-refractivity contribution in [1.29, 1.82) is 0 Å². The summed E-state index contributed by atoms with van der Waals surface area (Å²) >= 11 is 0. The van der Waals surface area contributed by atoms with Gasteiger partial charge < -0.3 is 15.0 Å². The van der Waals surface area contributed by atoms with Crippen LogP contribution in [0.5, 0.6) is 5.88 Å². The molecule has 0 bridgehead atoms. The highest BCUT2D eigenvalue weighted by molar-refractivity contribution is 7.86. The molecule has 0 fully saturated rings. The Morgan fingerprint density at radius 2 is 1.77 bits per heavy atom. The normalized spacial score (nSPS) is 11.2. The predicted octanol–water partition coefficient (Wildman–Crippen LogP) is 3.52.